The van der Waals surface area contributed by atoms with Crippen molar-refractivity contribution in [2.45, 2.75) is 0 Å². The van der Waals surface area contributed by atoms with Crippen LogP contribution in [-0.4, -0.2) is 11.4 Å². The average Bonchev–Trinajstić information content (AvgIpc) is 2.10. The molecule has 0 aromatic heterocycles. The molecule has 1 aromatic carbocycles. The largest absolute Gasteiger partial charge is 0.330 e. The van der Waals surface area contributed by atoms with Crippen LogP contribution in [0.2, 0.25) is 0 Å². The Morgan fingerprint density at radius 1 is 1.27 bits per heavy atom. The fraction of sp³-hybridized carbons (Fsp3) is 0.125. The molecular formula is C8H8F3IN2S. The SMILES string of the molecule is CSC(=N)Nc1c(F)cc(F)cc1F.I. The molecule has 0 radical (unpaired) electrons. The molecule has 0 aliphatic rings. The number of nitrogens with one attached hydrogen (secondary N) is 2. The van der Waals surface area contributed by atoms with Crippen LogP contribution in [0.25, 0.3) is 0 Å². The Morgan fingerprint density at radius 2 is 1.73 bits per heavy atom. The topological polar surface area (TPSA) is 35.9 Å². The molecule has 0 heterocycles. The minimum absolute atomic E-state index is 0. The third-order valence-corrected chi connectivity index (χ3v) is 1.96. The third kappa shape index (κ3) is 3.90. The van der Waals surface area contributed by atoms with Gasteiger partial charge in [-0.25, -0.2) is 13.2 Å². The van der Waals surface area contributed by atoms with Crippen molar-refractivity contribution in [3.63, 3.8) is 0 Å². The number of benzene rings is 1. The van der Waals surface area contributed by atoms with Gasteiger partial charge in [-0.05, 0) is 6.26 Å². The van der Waals surface area contributed by atoms with Gasteiger partial charge in [-0.1, -0.05) is 11.8 Å². The van der Waals surface area contributed by atoms with Crippen molar-refractivity contribution in [2.24, 2.45) is 0 Å². The highest BCUT2D eigenvalue weighted by Gasteiger charge is 2.11. The summed E-state index contributed by atoms with van der Waals surface area (Å²) in [5.41, 5.74) is -0.509. The Kier molecular flexibility index (Phi) is 6.03. The minimum Gasteiger partial charge on any atom is -0.330 e. The van der Waals surface area contributed by atoms with Crippen LogP contribution >= 0.6 is 35.7 Å². The summed E-state index contributed by atoms with van der Waals surface area (Å²) in [6.07, 6.45) is 1.58. The van der Waals surface area contributed by atoms with Gasteiger partial charge >= 0.3 is 0 Å². The van der Waals surface area contributed by atoms with Gasteiger partial charge in [-0.3, -0.25) is 5.41 Å². The Balaban J connectivity index is 0.00000196. The van der Waals surface area contributed by atoms with Crippen molar-refractivity contribution in [3.05, 3.63) is 29.6 Å². The first-order valence-corrected chi connectivity index (χ1v) is 4.81. The zero-order chi connectivity index (χ0) is 10.7. The van der Waals surface area contributed by atoms with Crippen molar-refractivity contribution < 1.29 is 13.2 Å². The van der Waals surface area contributed by atoms with Crippen LogP contribution in [-0.2, 0) is 0 Å². The molecule has 2 N–H and O–H groups in total. The van der Waals surface area contributed by atoms with Crippen LogP contribution < -0.4 is 5.32 Å². The van der Waals surface area contributed by atoms with E-state index in [2.05, 4.69) is 5.32 Å². The molecule has 0 saturated heterocycles. The molecule has 15 heavy (non-hydrogen) atoms. The summed E-state index contributed by atoms with van der Waals surface area (Å²) in [5.74, 6) is -3.09. The quantitative estimate of drug-likeness (QED) is 0.463. The molecular weight excluding hydrogens is 340 g/mol. The van der Waals surface area contributed by atoms with Crippen molar-refractivity contribution in [1.82, 2.24) is 0 Å². The monoisotopic (exact) mass is 348 g/mol. The van der Waals surface area contributed by atoms with Crippen molar-refractivity contribution in [1.29, 1.82) is 5.41 Å². The summed E-state index contributed by atoms with van der Waals surface area (Å²) < 4.78 is 38.4. The van der Waals surface area contributed by atoms with Crippen molar-refractivity contribution in [2.75, 3.05) is 11.6 Å². The van der Waals surface area contributed by atoms with E-state index in [4.69, 9.17) is 5.41 Å². The smallest absolute Gasteiger partial charge is 0.158 e. The highest BCUT2D eigenvalue weighted by atomic mass is 127. The summed E-state index contributed by atoms with van der Waals surface area (Å²) in [6.45, 7) is 0. The normalized spacial score (nSPS) is 9.33. The number of rotatable bonds is 1. The van der Waals surface area contributed by atoms with Gasteiger partial charge in [-0.15, -0.1) is 24.0 Å². The molecule has 84 valence electrons. The number of anilines is 1. The van der Waals surface area contributed by atoms with Crippen LogP contribution in [0.3, 0.4) is 0 Å². The molecule has 0 unspecified atom stereocenters. The average molecular weight is 348 g/mol. The standard InChI is InChI=1S/C8H7F3N2S.HI/c1-14-8(12)13-7-5(10)2-4(9)3-6(7)11;/h2-3H,1H3,(H2,12,13);1H. The lowest BCUT2D eigenvalue weighted by Crippen LogP contribution is -2.09. The van der Waals surface area contributed by atoms with E-state index in [9.17, 15) is 13.2 Å². The molecule has 0 saturated carbocycles. The molecule has 0 aliphatic carbocycles. The van der Waals surface area contributed by atoms with E-state index in [0.29, 0.717) is 12.1 Å². The lowest BCUT2D eigenvalue weighted by molar-refractivity contribution is 0.549. The minimum atomic E-state index is -1.05. The highest BCUT2D eigenvalue weighted by Crippen LogP contribution is 2.20. The molecule has 0 aliphatic heterocycles. The second-order valence-electron chi connectivity index (χ2n) is 2.40. The van der Waals surface area contributed by atoms with Crippen LogP contribution in [0.5, 0.6) is 0 Å². The van der Waals surface area contributed by atoms with Crippen LogP contribution in [0.15, 0.2) is 12.1 Å². The van der Waals surface area contributed by atoms with Gasteiger partial charge in [0.25, 0.3) is 0 Å². The number of amidine groups is 1. The number of hydrogen-bond donors (Lipinski definition) is 2. The molecule has 2 nitrogen and oxygen atoms in total. The van der Waals surface area contributed by atoms with Gasteiger partial charge in [0.05, 0.1) is 0 Å². The maximum absolute atomic E-state index is 13.0. The maximum Gasteiger partial charge on any atom is 0.158 e. The molecule has 0 fully saturated rings. The van der Waals surface area contributed by atoms with Gasteiger partial charge in [0.15, 0.2) is 16.8 Å². The van der Waals surface area contributed by atoms with E-state index in [1.807, 2.05) is 0 Å². The maximum atomic E-state index is 13.0. The summed E-state index contributed by atoms with van der Waals surface area (Å²) in [4.78, 5) is 0. The van der Waals surface area contributed by atoms with Crippen molar-refractivity contribution >= 4 is 46.6 Å². The summed E-state index contributed by atoms with van der Waals surface area (Å²) in [6, 6.07) is 1.11. The first kappa shape index (κ1) is 14.6. The molecule has 0 amide bonds. The van der Waals surface area contributed by atoms with E-state index in [1.165, 1.54) is 0 Å². The molecule has 0 bridgehead atoms. The Bertz CT molecular complexity index is 350. The van der Waals surface area contributed by atoms with Crippen LogP contribution in [0, 0.1) is 22.9 Å². The Morgan fingerprint density at radius 3 is 2.13 bits per heavy atom. The number of thioether (sulfide) groups is 1. The van der Waals surface area contributed by atoms with E-state index < -0.39 is 23.1 Å². The van der Waals surface area contributed by atoms with Crippen molar-refractivity contribution in [3.8, 4) is 0 Å². The fourth-order valence-electron chi connectivity index (χ4n) is 0.826. The number of halogens is 4. The Labute approximate surface area is 106 Å². The lowest BCUT2D eigenvalue weighted by atomic mass is 10.3. The summed E-state index contributed by atoms with van der Waals surface area (Å²) >= 11 is 0.986. The highest BCUT2D eigenvalue weighted by molar-refractivity contribution is 14.0. The van der Waals surface area contributed by atoms with E-state index >= 15 is 0 Å². The first-order valence-electron chi connectivity index (χ1n) is 3.58. The molecule has 7 heteroatoms. The van der Waals surface area contributed by atoms with Crippen LogP contribution in [0.1, 0.15) is 0 Å². The summed E-state index contributed by atoms with van der Waals surface area (Å²) in [5, 5.41) is 9.22. The second-order valence-corrected chi connectivity index (χ2v) is 3.22. The second kappa shape index (κ2) is 6.21. The van der Waals surface area contributed by atoms with E-state index in [-0.39, 0.29) is 29.1 Å². The Hall–Kier alpha value is -0.440. The first-order chi connectivity index (χ1) is 6.54. The van der Waals surface area contributed by atoms with Crippen LogP contribution in [0.4, 0.5) is 18.9 Å². The zero-order valence-electron chi connectivity index (χ0n) is 7.61. The van der Waals surface area contributed by atoms with E-state index in [1.54, 1.807) is 6.26 Å². The predicted octanol–water partition coefficient (Wildman–Crippen LogP) is 3.43. The number of hydrogen-bond acceptors (Lipinski definition) is 2. The van der Waals surface area contributed by atoms with Gasteiger partial charge in [0.2, 0.25) is 0 Å². The molecule has 0 spiro atoms. The fourth-order valence-corrected chi connectivity index (χ4v) is 1.03. The molecule has 0 atom stereocenters. The van der Waals surface area contributed by atoms with Gasteiger partial charge in [0.1, 0.15) is 11.5 Å². The van der Waals surface area contributed by atoms with Gasteiger partial charge < -0.3 is 5.32 Å². The summed E-state index contributed by atoms with van der Waals surface area (Å²) in [7, 11) is 0. The van der Waals surface area contributed by atoms with E-state index in [0.717, 1.165) is 11.8 Å². The molecule has 1 aromatic rings. The van der Waals surface area contributed by atoms with Gasteiger partial charge in [0, 0.05) is 12.1 Å². The molecule has 1 rings (SSSR count). The zero-order valence-corrected chi connectivity index (χ0v) is 10.8. The third-order valence-electron chi connectivity index (χ3n) is 1.45. The van der Waals surface area contributed by atoms with Gasteiger partial charge in [-0.2, -0.15) is 0 Å². The predicted molar refractivity (Wildman–Crippen MR) is 66.6 cm³/mol. The lowest BCUT2D eigenvalue weighted by Gasteiger charge is -2.07.